The molecule has 8 nitrogen and oxygen atoms in total. The lowest BCUT2D eigenvalue weighted by molar-refractivity contribution is -0.138. The number of carbonyl (C=O) groups excluding carboxylic acids is 1. The van der Waals surface area contributed by atoms with Gasteiger partial charge in [-0.25, -0.2) is 9.79 Å². The maximum atomic E-state index is 12.6. The standard InChI is InChI=1S/C24H26N2O6S/c1-3-30-17-7-5-16(6-8-17)25-23-21(24(28)31-4-2)22(27)19(33-23)15-18-9-10-20(32-18)26-11-13-29-14-12-26/h5-10,15,27H,3-4,11-14H2,1-2H3/b19-15+,25-23?. The molecule has 0 aliphatic carbocycles. The predicted molar refractivity (Wildman–Crippen MR) is 128 cm³/mol. The van der Waals surface area contributed by atoms with Crippen molar-refractivity contribution in [3.63, 3.8) is 0 Å². The van der Waals surface area contributed by atoms with E-state index < -0.39 is 5.97 Å². The van der Waals surface area contributed by atoms with Gasteiger partial charge >= 0.3 is 5.97 Å². The van der Waals surface area contributed by atoms with Crippen LogP contribution in [-0.4, -0.2) is 55.6 Å². The molecule has 0 unspecified atom stereocenters. The second-order valence-corrected chi connectivity index (χ2v) is 8.20. The minimum atomic E-state index is -0.621. The normalized spacial score (nSPS) is 18.9. The molecule has 33 heavy (non-hydrogen) atoms. The largest absolute Gasteiger partial charge is 0.506 e. The molecule has 0 saturated carbocycles. The number of benzene rings is 1. The number of aliphatic hydroxyl groups excluding tert-OH is 1. The molecule has 4 rings (SSSR count). The van der Waals surface area contributed by atoms with Gasteiger partial charge in [0.05, 0.1) is 37.0 Å². The van der Waals surface area contributed by atoms with Crippen molar-refractivity contribution in [3.8, 4) is 5.75 Å². The number of hydrogen-bond donors (Lipinski definition) is 1. The highest BCUT2D eigenvalue weighted by molar-refractivity contribution is 8.18. The van der Waals surface area contributed by atoms with Crippen LogP contribution in [0.3, 0.4) is 0 Å². The molecule has 0 atom stereocenters. The molecule has 2 aromatic rings. The summed E-state index contributed by atoms with van der Waals surface area (Å²) < 4.78 is 21.9. The van der Waals surface area contributed by atoms with Gasteiger partial charge in [0.1, 0.15) is 27.9 Å². The first-order chi connectivity index (χ1) is 16.1. The fourth-order valence-electron chi connectivity index (χ4n) is 3.40. The number of furan rings is 1. The quantitative estimate of drug-likeness (QED) is 0.582. The molecule has 0 bridgehead atoms. The molecule has 174 valence electrons. The summed E-state index contributed by atoms with van der Waals surface area (Å²) in [4.78, 5) is 19.7. The van der Waals surface area contributed by atoms with Crippen molar-refractivity contribution in [1.29, 1.82) is 0 Å². The number of esters is 1. The third-order valence-corrected chi connectivity index (χ3v) is 5.98. The topological polar surface area (TPSA) is 93.7 Å². The zero-order valence-corrected chi connectivity index (χ0v) is 19.4. The number of rotatable bonds is 7. The number of hydrogen-bond acceptors (Lipinski definition) is 9. The number of aliphatic imine (C=N–C) groups is 1. The first-order valence-electron chi connectivity index (χ1n) is 10.8. The van der Waals surface area contributed by atoms with Gasteiger partial charge in [-0.05, 0) is 50.3 Å². The van der Waals surface area contributed by atoms with Gasteiger partial charge in [-0.15, -0.1) is 0 Å². The zero-order valence-electron chi connectivity index (χ0n) is 18.6. The monoisotopic (exact) mass is 470 g/mol. The number of morpholine rings is 1. The van der Waals surface area contributed by atoms with Crippen molar-refractivity contribution in [2.24, 2.45) is 4.99 Å². The number of aliphatic hydroxyl groups is 1. The number of nitrogens with zero attached hydrogens (tertiary/aromatic N) is 2. The fourth-order valence-corrected chi connectivity index (χ4v) is 4.41. The second-order valence-electron chi connectivity index (χ2n) is 7.17. The first kappa shape index (κ1) is 23.0. The summed E-state index contributed by atoms with van der Waals surface area (Å²) in [6.45, 7) is 7.23. The molecule has 1 N–H and O–H groups in total. The second kappa shape index (κ2) is 10.6. The highest BCUT2D eigenvalue weighted by Gasteiger charge is 2.33. The van der Waals surface area contributed by atoms with Crippen molar-refractivity contribution < 1.29 is 28.5 Å². The van der Waals surface area contributed by atoms with Gasteiger partial charge in [0.2, 0.25) is 0 Å². The Morgan fingerprint density at radius 2 is 1.91 bits per heavy atom. The lowest BCUT2D eigenvalue weighted by atomic mass is 10.2. The molecular weight excluding hydrogens is 444 g/mol. The average Bonchev–Trinajstić information content (AvgIpc) is 3.41. The Morgan fingerprint density at radius 3 is 2.61 bits per heavy atom. The van der Waals surface area contributed by atoms with Crippen molar-refractivity contribution in [3.05, 3.63) is 58.4 Å². The van der Waals surface area contributed by atoms with Crippen molar-refractivity contribution in [1.82, 2.24) is 0 Å². The Bertz CT molecular complexity index is 1080. The Balaban J connectivity index is 1.61. The Hall–Kier alpha value is -3.17. The Morgan fingerprint density at radius 1 is 1.15 bits per heavy atom. The van der Waals surface area contributed by atoms with E-state index in [0.717, 1.165) is 24.7 Å². The molecular formula is C24H26N2O6S. The summed E-state index contributed by atoms with van der Waals surface area (Å²) >= 11 is 1.19. The summed E-state index contributed by atoms with van der Waals surface area (Å²) in [6, 6.07) is 10.9. The Labute approximate surface area is 196 Å². The van der Waals surface area contributed by atoms with Gasteiger partial charge in [0, 0.05) is 19.2 Å². The van der Waals surface area contributed by atoms with E-state index in [1.54, 1.807) is 25.1 Å². The van der Waals surface area contributed by atoms with Crippen molar-refractivity contribution in [2.45, 2.75) is 13.8 Å². The summed E-state index contributed by atoms with van der Waals surface area (Å²) in [5.74, 6) is 1.25. The number of ether oxygens (including phenoxy) is 3. The third kappa shape index (κ3) is 5.43. The van der Waals surface area contributed by atoms with Gasteiger partial charge in [-0.3, -0.25) is 0 Å². The molecule has 1 aromatic carbocycles. The van der Waals surface area contributed by atoms with Crippen LogP contribution >= 0.6 is 11.8 Å². The number of thioether (sulfide) groups is 1. The van der Waals surface area contributed by atoms with Crippen LogP contribution < -0.4 is 9.64 Å². The third-order valence-electron chi connectivity index (χ3n) is 4.96. The van der Waals surface area contributed by atoms with Crippen molar-refractivity contribution >= 4 is 40.4 Å². The van der Waals surface area contributed by atoms with Crippen LogP contribution in [-0.2, 0) is 14.3 Å². The van der Waals surface area contributed by atoms with Crippen LogP contribution in [0.15, 0.2) is 62.0 Å². The van der Waals surface area contributed by atoms with Crippen LogP contribution in [0, 0.1) is 0 Å². The molecule has 3 heterocycles. The van der Waals surface area contributed by atoms with Gasteiger partial charge in [0.25, 0.3) is 0 Å². The lowest BCUT2D eigenvalue weighted by Crippen LogP contribution is -2.35. The van der Waals surface area contributed by atoms with E-state index in [1.165, 1.54) is 11.8 Å². The van der Waals surface area contributed by atoms with Crippen LogP contribution in [0.1, 0.15) is 19.6 Å². The SMILES string of the molecule is CCOC(=O)C1=C(O)/C(=C\c2ccc(N3CCOCC3)o2)SC1=Nc1ccc(OCC)cc1. The molecule has 0 spiro atoms. The summed E-state index contributed by atoms with van der Waals surface area (Å²) in [6.07, 6.45) is 1.70. The number of carbonyl (C=O) groups is 1. The van der Waals surface area contributed by atoms with E-state index in [2.05, 4.69) is 9.89 Å². The summed E-state index contributed by atoms with van der Waals surface area (Å²) in [5.41, 5.74) is 0.673. The molecule has 1 fully saturated rings. The number of anilines is 1. The smallest absolute Gasteiger partial charge is 0.344 e. The Kier molecular flexibility index (Phi) is 7.41. The predicted octanol–water partition coefficient (Wildman–Crippen LogP) is 4.71. The molecule has 2 aliphatic heterocycles. The van der Waals surface area contributed by atoms with Crippen LogP contribution in [0.4, 0.5) is 11.6 Å². The molecule has 0 radical (unpaired) electrons. The van der Waals surface area contributed by atoms with E-state index >= 15 is 0 Å². The molecule has 1 saturated heterocycles. The zero-order chi connectivity index (χ0) is 23.2. The fraction of sp³-hybridized carbons (Fsp3) is 0.333. The maximum Gasteiger partial charge on any atom is 0.344 e. The van der Waals surface area contributed by atoms with E-state index in [-0.39, 0.29) is 17.9 Å². The minimum absolute atomic E-state index is 0.0435. The average molecular weight is 471 g/mol. The van der Waals surface area contributed by atoms with E-state index in [0.29, 0.717) is 41.2 Å². The van der Waals surface area contributed by atoms with Crippen LogP contribution in [0.2, 0.25) is 0 Å². The molecule has 1 aromatic heterocycles. The van der Waals surface area contributed by atoms with Gasteiger partial charge in [0.15, 0.2) is 5.88 Å². The van der Waals surface area contributed by atoms with Crippen LogP contribution in [0.25, 0.3) is 6.08 Å². The first-order valence-corrected chi connectivity index (χ1v) is 11.7. The van der Waals surface area contributed by atoms with E-state index in [4.69, 9.17) is 18.6 Å². The summed E-state index contributed by atoms with van der Waals surface area (Å²) in [5, 5.41) is 11.2. The van der Waals surface area contributed by atoms with Crippen molar-refractivity contribution in [2.75, 3.05) is 44.4 Å². The molecule has 9 heteroatoms. The highest BCUT2D eigenvalue weighted by atomic mass is 32.2. The summed E-state index contributed by atoms with van der Waals surface area (Å²) in [7, 11) is 0. The minimum Gasteiger partial charge on any atom is -0.506 e. The maximum absolute atomic E-state index is 12.6. The van der Waals surface area contributed by atoms with E-state index in [9.17, 15) is 9.90 Å². The van der Waals surface area contributed by atoms with E-state index in [1.807, 2.05) is 31.2 Å². The van der Waals surface area contributed by atoms with Gasteiger partial charge < -0.3 is 28.6 Å². The van der Waals surface area contributed by atoms with Crippen LogP contribution in [0.5, 0.6) is 5.75 Å². The molecule has 0 amide bonds. The highest BCUT2D eigenvalue weighted by Crippen LogP contribution is 2.40. The van der Waals surface area contributed by atoms with Gasteiger partial charge in [-0.1, -0.05) is 11.8 Å². The molecule has 2 aliphatic rings. The van der Waals surface area contributed by atoms with Gasteiger partial charge in [-0.2, -0.15) is 0 Å². The lowest BCUT2D eigenvalue weighted by Gasteiger charge is -2.26.